The van der Waals surface area contributed by atoms with Crippen LogP contribution in [0.2, 0.25) is 0 Å². The van der Waals surface area contributed by atoms with Crippen LogP contribution in [0.5, 0.6) is 0 Å². The predicted octanol–water partition coefficient (Wildman–Crippen LogP) is -2.97. The first-order chi connectivity index (χ1) is 19.0. The maximum Gasteiger partial charge on any atom is 1.00 e. The number of hydrogen-bond acceptors (Lipinski definition) is 9. The molecule has 2 aliphatic rings. The van der Waals surface area contributed by atoms with E-state index in [4.69, 9.17) is 9.31 Å². The summed E-state index contributed by atoms with van der Waals surface area (Å²) < 4.78 is 37.7. The van der Waals surface area contributed by atoms with E-state index in [0.717, 1.165) is 6.54 Å². The summed E-state index contributed by atoms with van der Waals surface area (Å²) in [5.74, 6) is -2.08. The van der Waals surface area contributed by atoms with Crippen LogP contribution < -0.4 is 72.9 Å². The minimum Gasteiger partial charge on any atom is -0.423 e. The van der Waals surface area contributed by atoms with Gasteiger partial charge in [0.1, 0.15) is 17.9 Å². The molecule has 224 valence electrons. The van der Waals surface area contributed by atoms with Crippen molar-refractivity contribution < 1.29 is 93.9 Å². The van der Waals surface area contributed by atoms with Gasteiger partial charge in [-0.2, -0.15) is 0 Å². The quantitative estimate of drug-likeness (QED) is 0.140. The van der Waals surface area contributed by atoms with Crippen molar-refractivity contribution in [1.29, 1.82) is 0 Å². The molecule has 0 aliphatic carbocycles. The molecule has 4 N–H and O–H groups in total. The van der Waals surface area contributed by atoms with E-state index in [9.17, 15) is 33.2 Å². The topological polar surface area (TPSA) is 137 Å². The molecule has 0 radical (unpaired) electrons. The van der Waals surface area contributed by atoms with Gasteiger partial charge in [0.15, 0.2) is 6.29 Å². The summed E-state index contributed by atoms with van der Waals surface area (Å²) in [7, 11) is 1.00. The third-order valence-corrected chi connectivity index (χ3v) is 6.31. The van der Waals surface area contributed by atoms with Crippen molar-refractivity contribution in [3.05, 3.63) is 72.5 Å². The molecule has 0 unspecified atom stereocenters. The molecule has 2 aromatic carbocycles. The molecule has 15 heteroatoms. The second-order valence-electron chi connectivity index (χ2n) is 9.58. The van der Waals surface area contributed by atoms with Gasteiger partial charge in [0, 0.05) is 28.6 Å². The van der Waals surface area contributed by atoms with Crippen molar-refractivity contribution in [1.82, 2.24) is 15.5 Å². The van der Waals surface area contributed by atoms with Gasteiger partial charge in [-0.05, 0) is 51.2 Å². The summed E-state index contributed by atoms with van der Waals surface area (Å²) in [5, 5.41) is 24.7. The number of nitrogens with one attached hydrogen (secondary N) is 2. The summed E-state index contributed by atoms with van der Waals surface area (Å²) in [6.07, 6.45) is 1.02. The molecule has 0 fully saturated rings. The Hall–Kier alpha value is -1.36. The smallest absolute Gasteiger partial charge is 0.423 e. The molecule has 42 heavy (non-hydrogen) atoms. The van der Waals surface area contributed by atoms with Crippen molar-refractivity contribution in [2.75, 3.05) is 33.7 Å². The molecular formula is C27H37B2F2KN3O7-. The number of aldehydes is 2. The van der Waals surface area contributed by atoms with Gasteiger partial charge in [-0.3, -0.25) is 9.59 Å². The van der Waals surface area contributed by atoms with E-state index >= 15 is 0 Å². The normalized spacial score (nSPS) is 12.8. The summed E-state index contributed by atoms with van der Waals surface area (Å²) >= 11 is 0. The van der Waals surface area contributed by atoms with Crippen LogP contribution in [-0.4, -0.2) is 86.9 Å². The van der Waals surface area contributed by atoms with Crippen LogP contribution in [0.3, 0.4) is 0 Å². The van der Waals surface area contributed by atoms with E-state index in [1.807, 2.05) is 20.9 Å². The fourth-order valence-electron chi connectivity index (χ4n) is 3.86. The summed E-state index contributed by atoms with van der Waals surface area (Å²) in [6.45, 7) is 8.44. The molecule has 0 saturated heterocycles. The van der Waals surface area contributed by atoms with E-state index in [2.05, 4.69) is 17.6 Å². The summed E-state index contributed by atoms with van der Waals surface area (Å²) in [5.41, 5.74) is 0.526. The molecule has 2 aliphatic heterocycles. The predicted molar refractivity (Wildman–Crippen MR) is 154 cm³/mol. The molecular weight excluding hydrogens is 577 g/mol. The number of carbonyl (C=O) groups is 3. The molecule has 0 aromatic heterocycles. The zero-order valence-corrected chi connectivity index (χ0v) is 28.1. The fourth-order valence-corrected chi connectivity index (χ4v) is 3.86. The summed E-state index contributed by atoms with van der Waals surface area (Å²) in [4.78, 5) is 35.2. The van der Waals surface area contributed by atoms with E-state index in [0.29, 0.717) is 23.7 Å². The van der Waals surface area contributed by atoms with E-state index in [1.54, 1.807) is 19.2 Å². The van der Waals surface area contributed by atoms with Crippen molar-refractivity contribution in [3.8, 4) is 0 Å². The van der Waals surface area contributed by atoms with Crippen molar-refractivity contribution in [2.24, 2.45) is 0 Å². The zero-order valence-electron chi connectivity index (χ0n) is 25.0. The van der Waals surface area contributed by atoms with Gasteiger partial charge in [-0.25, -0.2) is 8.78 Å². The second kappa shape index (κ2) is 19.1. The van der Waals surface area contributed by atoms with Crippen LogP contribution in [0.15, 0.2) is 24.3 Å². The van der Waals surface area contributed by atoms with Gasteiger partial charge in [-0.15, -0.1) is 6.54 Å². The molecule has 0 bridgehead atoms. The first-order valence-electron chi connectivity index (χ1n) is 12.5. The van der Waals surface area contributed by atoms with Crippen molar-refractivity contribution in [2.45, 2.75) is 32.6 Å². The molecule has 0 atom stereocenters. The molecule has 0 spiro atoms. The fraction of sp³-hybridized carbons (Fsp3) is 0.370. The number of likely N-dealkylation sites (N-methyl/N-ethyl adjacent to an activating group) is 1. The van der Waals surface area contributed by atoms with Crippen LogP contribution >= 0.6 is 0 Å². The number of amides is 1. The Kier molecular flexibility index (Phi) is 18.5. The first-order valence-corrected chi connectivity index (χ1v) is 12.5. The maximum absolute atomic E-state index is 14.6. The van der Waals surface area contributed by atoms with Crippen LogP contribution in [-0.2, 0) is 27.3 Å². The zero-order chi connectivity index (χ0) is 30.0. The van der Waals surface area contributed by atoms with Gasteiger partial charge in [0.05, 0.1) is 25.3 Å². The summed E-state index contributed by atoms with van der Waals surface area (Å²) in [6, 6.07) is 5.88. The number of hydrogen-bond donors (Lipinski definition) is 4. The number of carbonyl (C=O) groups excluding carboxylic acids is 3. The Labute approximate surface area is 289 Å². The van der Waals surface area contributed by atoms with Crippen LogP contribution in [0.25, 0.3) is 0 Å². The van der Waals surface area contributed by atoms with Crippen molar-refractivity contribution >= 4 is 43.6 Å². The molecule has 0 saturated carbocycles. The molecule has 1 amide bonds. The standard InChI is InChI=1S/C15H20BFN2O4.C8H6BFO3.C3H8N.CH3.K/c1-15(2,18-3)9-19(6-7-20)14(21)11-5-4-10-8-23-16(22)12(10)13(11)17;10-8-5(3-11)1-2-6-4-13-9(12)7(6)8;1-3-4-2;;/h4-5,7,18,22H,6,8-9H2,1-3H3;1-3,12H,4H2;4H,1,3H2,2H3;1H3;/q;;2*-1;+1. The van der Waals surface area contributed by atoms with Gasteiger partial charge in [0.25, 0.3) is 5.91 Å². The average molecular weight is 614 g/mol. The number of nitrogens with zero attached hydrogens (tertiary/aromatic N) is 1. The molecule has 4 rings (SSSR count). The largest absolute Gasteiger partial charge is 1.00 e. The van der Waals surface area contributed by atoms with E-state index < -0.39 is 37.3 Å². The molecule has 10 nitrogen and oxygen atoms in total. The Morgan fingerprint density at radius 2 is 1.55 bits per heavy atom. The molecule has 2 aromatic rings. The number of benzene rings is 2. The Balaban J connectivity index is 0.000000748. The van der Waals surface area contributed by atoms with Gasteiger partial charge in [0.2, 0.25) is 0 Å². The van der Waals surface area contributed by atoms with Gasteiger partial charge >= 0.3 is 65.6 Å². The van der Waals surface area contributed by atoms with E-state index in [-0.39, 0.29) is 107 Å². The third kappa shape index (κ3) is 10.4. The van der Waals surface area contributed by atoms with Gasteiger partial charge in [-0.1, -0.05) is 12.1 Å². The van der Waals surface area contributed by atoms with Crippen LogP contribution in [0, 0.1) is 26.0 Å². The second-order valence-corrected chi connectivity index (χ2v) is 9.58. The Morgan fingerprint density at radius 1 is 1.05 bits per heavy atom. The maximum atomic E-state index is 14.6. The van der Waals surface area contributed by atoms with Gasteiger partial charge < -0.3 is 54.0 Å². The third-order valence-electron chi connectivity index (χ3n) is 6.31. The first kappa shape index (κ1) is 40.6. The minimum absolute atomic E-state index is 0. The number of fused-ring (bicyclic) bond motifs is 2. The van der Waals surface area contributed by atoms with E-state index in [1.165, 1.54) is 17.0 Å². The average Bonchev–Trinajstić information content (AvgIpc) is 3.52. The minimum atomic E-state index is -1.37. The Morgan fingerprint density at radius 3 is 2.00 bits per heavy atom. The SMILES string of the molecule is CNC(C)(C)CN(CC=O)C(=O)c1ccc2c(c1F)B(O)OC2.O=Cc1ccc2c(c1F)B(O)OC2.[CH2-]CNC.[CH3-].[K+]. The van der Waals surface area contributed by atoms with Crippen molar-refractivity contribution in [3.63, 3.8) is 0 Å². The number of rotatable bonds is 8. The van der Waals surface area contributed by atoms with Crippen LogP contribution in [0.1, 0.15) is 45.7 Å². The monoisotopic (exact) mass is 614 g/mol. The van der Waals surface area contributed by atoms with Crippen LogP contribution in [0.4, 0.5) is 8.78 Å². The molecule has 2 heterocycles. The number of halogens is 2. The Bertz CT molecular complexity index is 1210.